The van der Waals surface area contributed by atoms with E-state index in [1.165, 1.54) is 24.3 Å². The van der Waals surface area contributed by atoms with Crippen LogP contribution in [0.3, 0.4) is 0 Å². The maximum absolute atomic E-state index is 15.9. The lowest BCUT2D eigenvalue weighted by Gasteiger charge is -2.35. The minimum absolute atomic E-state index is 0.00786. The van der Waals surface area contributed by atoms with E-state index < -0.39 is 47.1 Å². The van der Waals surface area contributed by atoms with Crippen molar-refractivity contribution in [3.63, 3.8) is 0 Å². The molecule has 2 atom stereocenters. The van der Waals surface area contributed by atoms with Gasteiger partial charge >= 0.3 is 0 Å². The lowest BCUT2D eigenvalue weighted by molar-refractivity contribution is -0.136. The zero-order valence-electron chi connectivity index (χ0n) is 29.4. The van der Waals surface area contributed by atoms with Gasteiger partial charge < -0.3 is 9.80 Å². The fourth-order valence-corrected chi connectivity index (χ4v) is 8.14. The SMILES string of the molecule is O=C1CCC(N2C(=O)c3ccc(CN4CCN(c5cccc(-c6cnn7ccc(N8CCC[C@@H]8c8ccc(F)cc8F)nc67)n5)CC4)c(F)c3C2=O)C(=O)N1. The average molecular weight is 750 g/mol. The van der Waals surface area contributed by atoms with Gasteiger partial charge in [-0.15, -0.1) is 0 Å². The number of anilines is 2. The number of aromatic nitrogens is 4. The van der Waals surface area contributed by atoms with Gasteiger partial charge in [0.15, 0.2) is 5.65 Å². The summed E-state index contributed by atoms with van der Waals surface area (Å²) in [6, 6.07) is 12.8. The van der Waals surface area contributed by atoms with E-state index in [0.29, 0.717) is 61.9 Å². The van der Waals surface area contributed by atoms with Crippen molar-refractivity contribution >= 4 is 40.9 Å². The molecule has 0 saturated carbocycles. The highest BCUT2D eigenvalue weighted by atomic mass is 19.1. The Hall–Kier alpha value is -6.16. The topological polar surface area (TPSA) is 136 Å². The smallest absolute Gasteiger partial charge is 0.265 e. The van der Waals surface area contributed by atoms with E-state index in [9.17, 15) is 28.0 Å². The van der Waals surface area contributed by atoms with Crippen LogP contribution in [0.1, 0.15) is 63.6 Å². The Morgan fingerprint density at radius 1 is 0.800 bits per heavy atom. The largest absolute Gasteiger partial charge is 0.354 e. The first-order valence-corrected chi connectivity index (χ1v) is 18.2. The zero-order valence-corrected chi connectivity index (χ0v) is 29.4. The first-order valence-electron chi connectivity index (χ1n) is 18.2. The van der Waals surface area contributed by atoms with Gasteiger partial charge in [-0.2, -0.15) is 5.10 Å². The van der Waals surface area contributed by atoms with E-state index in [0.717, 1.165) is 28.8 Å². The van der Waals surface area contributed by atoms with E-state index in [-0.39, 0.29) is 42.1 Å². The van der Waals surface area contributed by atoms with Crippen molar-refractivity contribution in [2.45, 2.75) is 44.3 Å². The summed E-state index contributed by atoms with van der Waals surface area (Å²) in [5, 5.41) is 6.65. The van der Waals surface area contributed by atoms with Crippen LogP contribution < -0.4 is 15.1 Å². The molecule has 5 aromatic rings. The predicted molar refractivity (Wildman–Crippen MR) is 192 cm³/mol. The van der Waals surface area contributed by atoms with Crippen LogP contribution in [-0.2, 0) is 16.1 Å². The molecule has 1 N–H and O–H groups in total. The van der Waals surface area contributed by atoms with Crippen LogP contribution in [0.25, 0.3) is 16.9 Å². The molecule has 1 unspecified atom stereocenters. The van der Waals surface area contributed by atoms with E-state index in [1.807, 2.05) is 35.4 Å². The van der Waals surface area contributed by atoms with Crippen LogP contribution in [0, 0.1) is 17.5 Å². The Morgan fingerprint density at radius 3 is 2.44 bits per heavy atom. The molecule has 9 rings (SSSR count). The fourth-order valence-electron chi connectivity index (χ4n) is 8.14. The number of benzene rings is 2. The van der Waals surface area contributed by atoms with E-state index >= 15 is 4.39 Å². The molecule has 2 aromatic carbocycles. The lowest BCUT2D eigenvalue weighted by atomic mass is 10.0. The van der Waals surface area contributed by atoms with Gasteiger partial charge in [-0.05, 0) is 49.6 Å². The molecular weight excluding hydrogens is 715 g/mol. The van der Waals surface area contributed by atoms with Crippen molar-refractivity contribution in [1.82, 2.24) is 34.7 Å². The number of hydrogen-bond donors (Lipinski definition) is 1. The first-order chi connectivity index (χ1) is 26.6. The molecule has 0 aliphatic carbocycles. The molecule has 16 heteroatoms. The fraction of sp³-hybridized carbons (Fsp3) is 0.308. The molecule has 7 heterocycles. The van der Waals surface area contributed by atoms with Crippen molar-refractivity contribution < 1.29 is 32.3 Å². The highest BCUT2D eigenvalue weighted by Gasteiger charge is 2.46. The Bertz CT molecular complexity index is 2410. The minimum atomic E-state index is -1.17. The zero-order chi connectivity index (χ0) is 38.0. The Morgan fingerprint density at radius 2 is 1.64 bits per heavy atom. The molecule has 3 saturated heterocycles. The van der Waals surface area contributed by atoms with Gasteiger partial charge in [0.05, 0.1) is 34.6 Å². The average Bonchev–Trinajstić information content (AvgIpc) is 3.90. The molecule has 55 heavy (non-hydrogen) atoms. The van der Waals surface area contributed by atoms with Gasteiger partial charge in [0.25, 0.3) is 11.8 Å². The molecule has 0 radical (unpaired) electrons. The highest BCUT2D eigenvalue weighted by molar-refractivity contribution is 6.23. The van der Waals surface area contributed by atoms with Crippen molar-refractivity contribution in [2.75, 3.05) is 42.5 Å². The van der Waals surface area contributed by atoms with Crippen LogP contribution in [0.2, 0.25) is 0 Å². The van der Waals surface area contributed by atoms with Crippen LogP contribution >= 0.6 is 0 Å². The molecule has 4 amide bonds. The summed E-state index contributed by atoms with van der Waals surface area (Å²) in [5.74, 6) is -3.41. The number of carbonyl (C=O) groups is 4. The van der Waals surface area contributed by atoms with E-state index in [4.69, 9.17) is 9.97 Å². The standard InChI is InChI=1S/C39H34F3N9O4/c40-23-7-9-24(27(41)19-23)29-4-2-13-49(29)32-12-14-50-36(45-32)26(20-43-50)28-3-1-5-31(44-28)48-17-15-47(16-18-48)21-22-6-8-25-34(35(22)42)39(55)51(38(25)54)30-10-11-33(52)46-37(30)53/h1,3,5-9,12,14,19-20,29-30H,2,4,10-11,13,15-18,21H2,(H,46,52,53)/t29-,30?/m1/s1. The Balaban J connectivity index is 0.886. The van der Waals surface area contributed by atoms with Gasteiger partial charge in [-0.3, -0.25) is 34.3 Å². The molecule has 4 aliphatic heterocycles. The van der Waals surface area contributed by atoms with Crippen molar-refractivity contribution in [2.24, 2.45) is 0 Å². The number of rotatable bonds is 7. The number of pyridine rings is 1. The second-order valence-corrected chi connectivity index (χ2v) is 14.2. The monoisotopic (exact) mass is 749 g/mol. The third-order valence-corrected chi connectivity index (χ3v) is 10.9. The van der Waals surface area contributed by atoms with Gasteiger partial charge in [-0.1, -0.05) is 18.2 Å². The normalized spacial score (nSPS) is 20.5. The minimum Gasteiger partial charge on any atom is -0.354 e. The van der Waals surface area contributed by atoms with Gasteiger partial charge in [0.1, 0.15) is 35.1 Å². The summed E-state index contributed by atoms with van der Waals surface area (Å²) < 4.78 is 46.0. The molecule has 0 spiro atoms. The number of nitrogens with zero attached hydrogens (tertiary/aromatic N) is 8. The highest BCUT2D eigenvalue weighted by Crippen LogP contribution is 2.38. The molecule has 280 valence electrons. The summed E-state index contributed by atoms with van der Waals surface area (Å²) in [7, 11) is 0. The van der Waals surface area contributed by atoms with Crippen LogP contribution in [0.15, 0.2) is 67.0 Å². The Labute approximate surface area is 312 Å². The third-order valence-electron chi connectivity index (χ3n) is 10.9. The summed E-state index contributed by atoms with van der Waals surface area (Å²) in [5.41, 5.74) is 2.25. The number of amides is 4. The summed E-state index contributed by atoms with van der Waals surface area (Å²) in [4.78, 5) is 67.3. The molecule has 4 aliphatic rings. The van der Waals surface area contributed by atoms with Crippen LogP contribution in [0.5, 0.6) is 0 Å². The number of carbonyl (C=O) groups excluding carboxylic acids is 4. The van der Waals surface area contributed by atoms with Crippen molar-refractivity contribution in [1.29, 1.82) is 0 Å². The summed E-state index contributed by atoms with van der Waals surface area (Å²) in [6.45, 7) is 3.22. The number of piperazine rings is 1. The number of imide groups is 2. The van der Waals surface area contributed by atoms with Crippen molar-refractivity contribution in [3.8, 4) is 11.3 Å². The van der Waals surface area contributed by atoms with Gasteiger partial charge in [0, 0.05) is 69.1 Å². The number of hydrogen-bond acceptors (Lipinski definition) is 10. The number of piperidine rings is 1. The van der Waals surface area contributed by atoms with Crippen LogP contribution in [-0.4, -0.2) is 91.8 Å². The molecule has 3 aromatic heterocycles. The van der Waals surface area contributed by atoms with Gasteiger partial charge in [0.2, 0.25) is 11.8 Å². The quantitative estimate of drug-likeness (QED) is 0.241. The van der Waals surface area contributed by atoms with Crippen LogP contribution in [0.4, 0.5) is 24.8 Å². The van der Waals surface area contributed by atoms with Gasteiger partial charge in [-0.25, -0.2) is 27.7 Å². The molecule has 3 fully saturated rings. The number of nitrogens with one attached hydrogen (secondary N) is 1. The van der Waals surface area contributed by atoms with Crippen molar-refractivity contribution in [3.05, 3.63) is 107 Å². The predicted octanol–water partition coefficient (Wildman–Crippen LogP) is 4.27. The summed E-state index contributed by atoms with van der Waals surface area (Å²) in [6.07, 6.45) is 5.05. The maximum Gasteiger partial charge on any atom is 0.265 e. The number of fused-ring (bicyclic) bond motifs is 2. The summed E-state index contributed by atoms with van der Waals surface area (Å²) >= 11 is 0. The molecular formula is C39H34F3N9O4. The maximum atomic E-state index is 15.9. The van der Waals surface area contributed by atoms with E-state index in [2.05, 4.69) is 20.2 Å². The number of halogens is 3. The lowest BCUT2D eigenvalue weighted by Crippen LogP contribution is -2.54. The molecule has 13 nitrogen and oxygen atoms in total. The third kappa shape index (κ3) is 6.06. The second-order valence-electron chi connectivity index (χ2n) is 14.2. The second kappa shape index (κ2) is 13.6. The first kappa shape index (κ1) is 34.6. The Kier molecular flexibility index (Phi) is 8.56. The van der Waals surface area contributed by atoms with E-state index in [1.54, 1.807) is 10.7 Å². The molecule has 0 bridgehead atoms.